The van der Waals surface area contributed by atoms with E-state index in [1.54, 1.807) is 19.2 Å². The van der Waals surface area contributed by atoms with E-state index in [-0.39, 0.29) is 12.4 Å². The fourth-order valence-electron chi connectivity index (χ4n) is 4.87. The lowest BCUT2D eigenvalue weighted by atomic mass is 9.85. The number of fused-ring (bicyclic) bond motifs is 3. The number of esters is 1. The Bertz CT molecular complexity index is 1080. The second-order valence-electron chi connectivity index (χ2n) is 7.90. The molecule has 164 valence electrons. The Morgan fingerprint density at radius 3 is 2.58 bits per heavy atom. The minimum absolute atomic E-state index is 0.0843. The minimum Gasteiger partial charge on any atom is -0.632 e. The van der Waals surface area contributed by atoms with Gasteiger partial charge in [0.05, 0.1) is 40.5 Å². The van der Waals surface area contributed by atoms with Crippen molar-refractivity contribution in [1.29, 1.82) is 0 Å². The molecule has 3 aliphatic heterocycles. The van der Waals surface area contributed by atoms with Crippen LogP contribution in [0.2, 0.25) is 0 Å². The first-order valence-electron chi connectivity index (χ1n) is 9.92. The van der Waals surface area contributed by atoms with Gasteiger partial charge in [-0.3, -0.25) is 0 Å². The standard InChI is InChI=1S/C22H23NO8/c1-23(25)8-7-11-9-14-20(30-10-29-14)21(28-4)15(11)17(23)18-12-5-6-13(26-2)19(27-3)16(12)22(24)31-18/h5-6,9,17-18H,7-8,10H2,1-4H3/t17-,18-,23+/m0/s1. The molecule has 0 aliphatic carbocycles. The molecule has 0 bridgehead atoms. The van der Waals surface area contributed by atoms with Gasteiger partial charge in [-0.1, -0.05) is 6.07 Å². The van der Waals surface area contributed by atoms with Gasteiger partial charge in [-0.15, -0.1) is 0 Å². The molecule has 0 saturated heterocycles. The predicted octanol–water partition coefficient (Wildman–Crippen LogP) is 2.89. The monoisotopic (exact) mass is 429 g/mol. The molecule has 3 atom stereocenters. The van der Waals surface area contributed by atoms with E-state index in [0.717, 1.165) is 5.56 Å². The van der Waals surface area contributed by atoms with Crippen LogP contribution in [0, 0.1) is 5.21 Å². The molecule has 9 nitrogen and oxygen atoms in total. The Morgan fingerprint density at radius 1 is 1.10 bits per heavy atom. The molecule has 0 radical (unpaired) electrons. The summed E-state index contributed by atoms with van der Waals surface area (Å²) >= 11 is 0. The van der Waals surface area contributed by atoms with Crippen LogP contribution in [0.15, 0.2) is 18.2 Å². The lowest BCUT2D eigenvalue weighted by Gasteiger charge is -2.50. The predicted molar refractivity (Wildman–Crippen MR) is 108 cm³/mol. The molecule has 0 fully saturated rings. The number of hydrogen-bond donors (Lipinski definition) is 0. The number of hydrogen-bond acceptors (Lipinski definition) is 8. The Kier molecular flexibility index (Phi) is 4.42. The highest BCUT2D eigenvalue weighted by Gasteiger charge is 2.50. The summed E-state index contributed by atoms with van der Waals surface area (Å²) in [6.45, 7) is 0.401. The second-order valence-corrected chi connectivity index (χ2v) is 7.90. The third-order valence-electron chi connectivity index (χ3n) is 6.27. The van der Waals surface area contributed by atoms with E-state index in [1.165, 1.54) is 21.3 Å². The molecule has 5 rings (SSSR count). The molecule has 0 amide bonds. The quantitative estimate of drug-likeness (QED) is 0.416. The van der Waals surface area contributed by atoms with Crippen LogP contribution in [0.5, 0.6) is 28.7 Å². The van der Waals surface area contributed by atoms with Crippen LogP contribution in [-0.2, 0) is 11.2 Å². The van der Waals surface area contributed by atoms with Crippen LogP contribution < -0.4 is 23.7 Å². The van der Waals surface area contributed by atoms with E-state index < -0.39 is 22.8 Å². The molecule has 0 aromatic heterocycles. The first kappa shape index (κ1) is 19.8. The zero-order valence-corrected chi connectivity index (χ0v) is 17.7. The van der Waals surface area contributed by atoms with Gasteiger partial charge in [0.1, 0.15) is 5.56 Å². The van der Waals surface area contributed by atoms with Crippen molar-refractivity contribution in [2.45, 2.75) is 18.6 Å². The van der Waals surface area contributed by atoms with Crippen molar-refractivity contribution < 1.29 is 37.9 Å². The van der Waals surface area contributed by atoms with Crippen LogP contribution >= 0.6 is 0 Å². The number of likely N-dealkylation sites (N-methyl/N-ethyl adjacent to an activating group) is 1. The third kappa shape index (κ3) is 2.73. The van der Waals surface area contributed by atoms with Crippen LogP contribution in [0.25, 0.3) is 0 Å². The number of carbonyl (C=O) groups is 1. The number of carbonyl (C=O) groups excluding carboxylic acids is 1. The number of benzene rings is 2. The van der Waals surface area contributed by atoms with E-state index in [2.05, 4.69) is 0 Å². The SMILES string of the molecule is COc1ccc2c(c1OC)C(=O)O[C@@H]2[C@@H]1c2c(cc3c(c2OC)OCO3)CC[N@@+]1(C)[O-]. The number of quaternary nitrogens is 1. The zero-order valence-electron chi connectivity index (χ0n) is 17.7. The summed E-state index contributed by atoms with van der Waals surface area (Å²) < 4.78 is 32.8. The van der Waals surface area contributed by atoms with Gasteiger partial charge in [-0.05, 0) is 17.7 Å². The highest BCUT2D eigenvalue weighted by molar-refractivity contribution is 5.98. The molecule has 9 heteroatoms. The average molecular weight is 429 g/mol. The largest absolute Gasteiger partial charge is 0.632 e. The van der Waals surface area contributed by atoms with Crippen molar-refractivity contribution in [2.24, 2.45) is 0 Å². The second kappa shape index (κ2) is 6.93. The molecule has 0 saturated carbocycles. The molecule has 3 aliphatic rings. The van der Waals surface area contributed by atoms with Crippen LogP contribution in [0.3, 0.4) is 0 Å². The summed E-state index contributed by atoms with van der Waals surface area (Å²) in [6, 6.07) is 4.59. The van der Waals surface area contributed by atoms with Crippen molar-refractivity contribution in [2.75, 3.05) is 41.7 Å². The van der Waals surface area contributed by atoms with Crippen LogP contribution in [0.4, 0.5) is 0 Å². The number of hydroxylamine groups is 3. The molecule has 2 aromatic carbocycles. The van der Waals surface area contributed by atoms with Gasteiger partial charge in [0.25, 0.3) is 0 Å². The van der Waals surface area contributed by atoms with Gasteiger partial charge >= 0.3 is 5.97 Å². The van der Waals surface area contributed by atoms with Crippen LogP contribution in [0.1, 0.15) is 39.2 Å². The van der Waals surface area contributed by atoms with E-state index in [4.69, 9.17) is 28.4 Å². The highest BCUT2D eigenvalue weighted by Crippen LogP contribution is 2.56. The van der Waals surface area contributed by atoms with Gasteiger partial charge in [-0.25, -0.2) is 4.79 Å². The van der Waals surface area contributed by atoms with Crippen molar-refractivity contribution in [3.63, 3.8) is 0 Å². The Morgan fingerprint density at radius 2 is 1.87 bits per heavy atom. The lowest BCUT2D eigenvalue weighted by Crippen LogP contribution is -2.48. The van der Waals surface area contributed by atoms with Gasteiger partial charge in [0.15, 0.2) is 35.1 Å². The fourth-order valence-corrected chi connectivity index (χ4v) is 4.87. The topological polar surface area (TPSA) is 95.5 Å². The average Bonchev–Trinajstić information content (AvgIpc) is 3.35. The summed E-state index contributed by atoms with van der Waals surface area (Å²) in [5, 5.41) is 13.7. The lowest BCUT2D eigenvalue weighted by molar-refractivity contribution is -0.899. The van der Waals surface area contributed by atoms with Crippen molar-refractivity contribution in [3.05, 3.63) is 45.7 Å². The molecule has 0 unspecified atom stereocenters. The zero-order chi connectivity index (χ0) is 21.9. The summed E-state index contributed by atoms with van der Waals surface area (Å²) in [5.41, 5.74) is 2.46. The first-order valence-corrected chi connectivity index (χ1v) is 9.92. The Balaban J connectivity index is 1.72. The maximum absolute atomic E-state index is 13.7. The molecule has 2 aromatic rings. The van der Waals surface area contributed by atoms with Gasteiger partial charge in [0.2, 0.25) is 12.5 Å². The molecular formula is C22H23NO8. The minimum atomic E-state index is -0.821. The normalized spacial score (nSPS) is 25.5. The summed E-state index contributed by atoms with van der Waals surface area (Å²) in [4.78, 5) is 12.9. The first-order chi connectivity index (χ1) is 14.9. The number of nitrogens with zero attached hydrogens (tertiary/aromatic N) is 1. The number of rotatable bonds is 4. The van der Waals surface area contributed by atoms with Gasteiger partial charge < -0.3 is 38.3 Å². The van der Waals surface area contributed by atoms with Gasteiger partial charge in [0, 0.05) is 12.0 Å². The number of methoxy groups -OCH3 is 3. The summed E-state index contributed by atoms with van der Waals surface area (Å²) in [7, 11) is 6.08. The molecule has 3 heterocycles. The number of cyclic esters (lactones) is 1. The Hall–Kier alpha value is -3.17. The van der Waals surface area contributed by atoms with Crippen molar-refractivity contribution in [1.82, 2.24) is 0 Å². The summed E-state index contributed by atoms with van der Waals surface area (Å²) in [5.74, 6) is 1.66. The van der Waals surface area contributed by atoms with Crippen LogP contribution in [-0.4, -0.2) is 52.3 Å². The maximum atomic E-state index is 13.7. The number of ether oxygens (including phenoxy) is 6. The van der Waals surface area contributed by atoms with Gasteiger partial charge in [-0.2, -0.15) is 0 Å². The van der Waals surface area contributed by atoms with E-state index >= 15 is 0 Å². The summed E-state index contributed by atoms with van der Waals surface area (Å²) in [6.07, 6.45) is -0.281. The molecule has 31 heavy (non-hydrogen) atoms. The van der Waals surface area contributed by atoms with Crippen molar-refractivity contribution >= 4 is 5.97 Å². The molecule has 0 spiro atoms. The Labute approximate surface area is 179 Å². The fraction of sp³-hybridized carbons (Fsp3) is 0.409. The molecule has 0 N–H and O–H groups in total. The highest BCUT2D eigenvalue weighted by atomic mass is 16.7. The maximum Gasteiger partial charge on any atom is 0.343 e. The smallest absolute Gasteiger partial charge is 0.343 e. The van der Waals surface area contributed by atoms with Crippen molar-refractivity contribution in [3.8, 4) is 28.7 Å². The van der Waals surface area contributed by atoms with E-state index in [9.17, 15) is 10.0 Å². The molecular weight excluding hydrogens is 406 g/mol. The third-order valence-corrected chi connectivity index (χ3v) is 6.27. The van der Waals surface area contributed by atoms with E-state index in [1.807, 2.05) is 6.07 Å². The van der Waals surface area contributed by atoms with E-state index in [0.29, 0.717) is 52.8 Å².